The zero-order chi connectivity index (χ0) is 27.2. The summed E-state index contributed by atoms with van der Waals surface area (Å²) < 4.78 is 29.1. The molecular weight excluding hydrogens is 493 g/mol. The van der Waals surface area contributed by atoms with Crippen LogP contribution in [-0.2, 0) is 27.9 Å². The second-order valence-electron chi connectivity index (χ2n) is 12.3. The molecule has 3 fully saturated rings. The molecule has 37 heavy (non-hydrogen) atoms. The maximum Gasteiger partial charge on any atom is 0.472 e. The number of carbonyl (C=O) groups excluding carboxylic acids is 2. The maximum atomic E-state index is 12.7. The molecule has 4 aliphatic carbocycles. The second kappa shape index (κ2) is 10.3. The predicted octanol–water partition coefficient (Wildman–Crippen LogP) is 4.53. The molecule has 208 valence electrons. The van der Waals surface area contributed by atoms with Crippen LogP contribution in [0.25, 0.3) is 0 Å². The Morgan fingerprint density at radius 3 is 2.51 bits per heavy atom. The Bertz CT molecular complexity index is 1030. The van der Waals surface area contributed by atoms with Crippen molar-refractivity contribution in [3.05, 3.63) is 23.8 Å². The summed E-state index contributed by atoms with van der Waals surface area (Å²) in [7, 11) is -4.08. The molecule has 0 radical (unpaired) electrons. The van der Waals surface area contributed by atoms with Crippen molar-refractivity contribution in [2.24, 2.45) is 28.6 Å². The van der Waals surface area contributed by atoms with Gasteiger partial charge in [0.15, 0.2) is 0 Å². The minimum Gasteiger partial charge on any atom is -0.454 e. The van der Waals surface area contributed by atoms with E-state index in [4.69, 9.17) is 13.8 Å². The average molecular weight is 539 g/mol. The van der Waals surface area contributed by atoms with Crippen molar-refractivity contribution in [2.75, 3.05) is 13.2 Å². The molecule has 0 heterocycles. The molecule has 0 aromatic carbocycles. The molecule has 8 nitrogen and oxygen atoms in total. The highest BCUT2D eigenvalue weighted by Gasteiger charge is 2.66. The van der Waals surface area contributed by atoms with E-state index in [9.17, 15) is 19.0 Å². The van der Waals surface area contributed by atoms with Crippen molar-refractivity contribution in [1.29, 1.82) is 0 Å². The Balaban J connectivity index is 1.54. The third kappa shape index (κ3) is 5.05. The first-order valence-electron chi connectivity index (χ1n) is 13.8. The van der Waals surface area contributed by atoms with Crippen LogP contribution in [-0.4, -0.2) is 41.5 Å². The molecule has 0 spiro atoms. The van der Waals surface area contributed by atoms with Crippen molar-refractivity contribution in [1.82, 2.24) is 0 Å². The lowest BCUT2D eigenvalue weighted by Crippen LogP contribution is -2.56. The molecule has 9 heteroatoms. The van der Waals surface area contributed by atoms with Gasteiger partial charge in [0.05, 0.1) is 12.6 Å². The van der Waals surface area contributed by atoms with Crippen LogP contribution in [0.3, 0.4) is 0 Å². The van der Waals surface area contributed by atoms with Crippen LogP contribution >= 0.6 is 7.82 Å². The molecule has 4 rings (SSSR count). The highest BCUT2D eigenvalue weighted by atomic mass is 31.2. The van der Waals surface area contributed by atoms with E-state index in [2.05, 4.69) is 32.2 Å². The number of allylic oxidation sites excluding steroid dienone is 1. The summed E-state index contributed by atoms with van der Waals surface area (Å²) in [5, 5.41) is 0. The molecule has 0 aromatic heterocycles. The molecule has 0 bridgehead atoms. The molecule has 4 aliphatic rings. The first-order chi connectivity index (χ1) is 17.3. The van der Waals surface area contributed by atoms with Gasteiger partial charge in [0.25, 0.3) is 0 Å². The Labute approximate surface area is 221 Å². The number of hydrogen-bond acceptors (Lipinski definition) is 6. The zero-order valence-corrected chi connectivity index (χ0v) is 23.8. The molecule has 0 aliphatic heterocycles. The molecular formula is C28H45NO7P+. The van der Waals surface area contributed by atoms with E-state index in [0.717, 1.165) is 50.5 Å². The zero-order valence-electron chi connectivity index (χ0n) is 22.9. The first-order valence-corrected chi connectivity index (χ1v) is 15.3. The van der Waals surface area contributed by atoms with E-state index in [1.54, 1.807) is 0 Å². The number of phosphoric acid groups is 1. The summed E-state index contributed by atoms with van der Waals surface area (Å²) in [5.74, 6) is 0.737. The number of rotatable bonds is 9. The van der Waals surface area contributed by atoms with E-state index in [0.29, 0.717) is 30.7 Å². The molecule has 8 atom stereocenters. The molecule has 0 aromatic rings. The van der Waals surface area contributed by atoms with Crippen LogP contribution in [0.5, 0.6) is 0 Å². The molecule has 3 unspecified atom stereocenters. The fraction of sp³-hybridized carbons (Fsp3) is 0.786. The van der Waals surface area contributed by atoms with Crippen molar-refractivity contribution >= 4 is 19.6 Å². The fourth-order valence-electron chi connectivity index (χ4n) is 8.50. The van der Waals surface area contributed by atoms with Gasteiger partial charge in [-0.05, 0) is 94.0 Å². The quantitative estimate of drug-likeness (QED) is 0.191. The summed E-state index contributed by atoms with van der Waals surface area (Å²) >= 11 is 0. The average Bonchev–Trinajstić information content (AvgIpc) is 3.10. The van der Waals surface area contributed by atoms with Crippen LogP contribution in [0.1, 0.15) is 85.5 Å². The van der Waals surface area contributed by atoms with E-state index in [1.807, 2.05) is 6.92 Å². The lowest BCUT2D eigenvalue weighted by Gasteiger charge is -2.59. The summed E-state index contributed by atoms with van der Waals surface area (Å²) in [6.45, 7) is 12.8. The number of fused-ring (bicyclic) bond motifs is 5. The number of Topliss-reactive ketones (excluding diaryl/α,β-unsaturated/α-hetero) is 1. The SMILES string of the molecule is C=C(C)[C@@]1(OC(=O)CC(C)=O)CC[C@H]2C3CC=C4CC(OP(=O)(O)OCC[NH3+])CC[C@]4(C)[C@H]3CC[C@@]21C. The molecule has 4 N–H and O–H groups in total. The van der Waals surface area contributed by atoms with Gasteiger partial charge in [0.1, 0.15) is 24.4 Å². The lowest BCUT2D eigenvalue weighted by atomic mass is 9.46. The summed E-state index contributed by atoms with van der Waals surface area (Å²) in [5.41, 5.74) is 4.93. The Kier molecular flexibility index (Phi) is 8.02. The number of hydrogen-bond donors (Lipinski definition) is 2. The third-order valence-corrected chi connectivity index (χ3v) is 11.3. The standard InChI is InChI=1S/C28H44NO7P/c1-18(2)28(35-25(31)16-19(3)30)13-10-24-22-7-6-20-17-21(36-37(32,33)34-15-14-29)8-11-26(20,4)23(22)9-12-27(24,28)5/h6,21-24H,1,7-17,29H2,2-5H3,(H,32,33)/p+1/t21?,22?,23-,24-,26-,27-,28-/m0/s1. The first kappa shape index (κ1) is 28.7. The monoisotopic (exact) mass is 538 g/mol. The largest absolute Gasteiger partial charge is 0.472 e. The maximum absolute atomic E-state index is 12.7. The number of ketones is 1. The van der Waals surface area contributed by atoms with Gasteiger partial charge >= 0.3 is 13.8 Å². The smallest absolute Gasteiger partial charge is 0.454 e. The van der Waals surface area contributed by atoms with Gasteiger partial charge in [-0.15, -0.1) is 0 Å². The molecule has 3 saturated carbocycles. The van der Waals surface area contributed by atoms with Crippen molar-refractivity contribution < 1.29 is 38.6 Å². The van der Waals surface area contributed by atoms with Gasteiger partial charge in [-0.2, -0.15) is 0 Å². The van der Waals surface area contributed by atoms with E-state index >= 15 is 0 Å². The van der Waals surface area contributed by atoms with Crippen molar-refractivity contribution in [3.8, 4) is 0 Å². The van der Waals surface area contributed by atoms with Gasteiger partial charge in [-0.3, -0.25) is 18.6 Å². The van der Waals surface area contributed by atoms with E-state index in [-0.39, 0.29) is 35.7 Å². The molecule has 0 saturated heterocycles. The highest BCUT2D eigenvalue weighted by Crippen LogP contribution is 2.69. The third-order valence-electron chi connectivity index (χ3n) is 10.2. The minimum absolute atomic E-state index is 0.0253. The van der Waals surface area contributed by atoms with Crippen LogP contribution in [0.2, 0.25) is 0 Å². The number of quaternary nitrogens is 1. The molecule has 0 amide bonds. The Morgan fingerprint density at radius 1 is 1.16 bits per heavy atom. The summed E-state index contributed by atoms with van der Waals surface area (Å²) in [4.78, 5) is 34.4. The lowest BCUT2D eigenvalue weighted by molar-refractivity contribution is -0.371. The second-order valence-corrected chi connectivity index (χ2v) is 13.7. The van der Waals surface area contributed by atoms with Gasteiger partial charge < -0.3 is 15.4 Å². The summed E-state index contributed by atoms with van der Waals surface area (Å²) in [6, 6.07) is 0. The Morgan fingerprint density at radius 2 is 1.86 bits per heavy atom. The number of esters is 1. The van der Waals surface area contributed by atoms with Crippen molar-refractivity contribution in [2.45, 2.75) is 97.2 Å². The topological polar surface area (TPSA) is 127 Å². The van der Waals surface area contributed by atoms with Crippen LogP contribution in [0, 0.1) is 28.6 Å². The predicted molar refractivity (Wildman–Crippen MR) is 139 cm³/mol. The van der Waals surface area contributed by atoms with E-state index < -0.39 is 19.4 Å². The summed E-state index contributed by atoms with van der Waals surface area (Å²) in [6.07, 6.45) is 8.74. The van der Waals surface area contributed by atoms with E-state index in [1.165, 1.54) is 12.5 Å². The Hall–Kier alpha value is -1.31. The number of carbonyl (C=O) groups is 2. The van der Waals surface area contributed by atoms with Gasteiger partial charge in [-0.1, -0.05) is 32.1 Å². The fourth-order valence-corrected chi connectivity index (χ4v) is 9.48. The van der Waals surface area contributed by atoms with Crippen LogP contribution in [0.15, 0.2) is 23.8 Å². The van der Waals surface area contributed by atoms with Gasteiger partial charge in [0, 0.05) is 5.41 Å². The van der Waals surface area contributed by atoms with Crippen LogP contribution < -0.4 is 5.73 Å². The normalized spacial score (nSPS) is 40.4. The van der Waals surface area contributed by atoms with Crippen LogP contribution in [0.4, 0.5) is 0 Å². The number of ether oxygens (including phenoxy) is 1. The van der Waals surface area contributed by atoms with Gasteiger partial charge in [0.2, 0.25) is 0 Å². The van der Waals surface area contributed by atoms with Crippen molar-refractivity contribution in [3.63, 3.8) is 0 Å². The highest BCUT2D eigenvalue weighted by molar-refractivity contribution is 7.47. The number of phosphoric ester groups is 1. The minimum atomic E-state index is -4.08. The van der Waals surface area contributed by atoms with Gasteiger partial charge in [-0.25, -0.2) is 4.57 Å².